The predicted molar refractivity (Wildman–Crippen MR) is 106 cm³/mol. The number of carbonyl (C=O) groups is 2. The first-order valence-corrected chi connectivity index (χ1v) is 9.92. The quantitative estimate of drug-likeness (QED) is 0.821. The molecular weight excluding hydrogens is 363 g/mol. The third-order valence-electron chi connectivity index (χ3n) is 4.68. The molecule has 0 aliphatic carbocycles. The highest BCUT2D eigenvalue weighted by molar-refractivity contribution is 8.01. The van der Waals surface area contributed by atoms with Crippen LogP contribution in [0.15, 0.2) is 48.5 Å². The first kappa shape index (κ1) is 19.4. The van der Waals surface area contributed by atoms with Crippen molar-refractivity contribution in [3.63, 3.8) is 0 Å². The van der Waals surface area contributed by atoms with Crippen molar-refractivity contribution in [1.82, 2.24) is 10.2 Å². The molecule has 0 saturated carbocycles. The molecule has 1 saturated heterocycles. The molecule has 1 aliphatic rings. The fraction of sp³-hybridized carbons (Fsp3) is 0.333. The lowest BCUT2D eigenvalue weighted by Gasteiger charge is -2.25. The van der Waals surface area contributed by atoms with Gasteiger partial charge < -0.3 is 10.2 Å². The molecule has 2 aromatic rings. The maximum absolute atomic E-state index is 12.9. The molecule has 142 valence electrons. The van der Waals surface area contributed by atoms with Crippen LogP contribution in [0, 0.1) is 12.7 Å². The second-order valence-corrected chi connectivity index (χ2v) is 8.10. The van der Waals surface area contributed by atoms with Crippen LogP contribution in [0.2, 0.25) is 0 Å². The van der Waals surface area contributed by atoms with Gasteiger partial charge in [0.1, 0.15) is 11.2 Å². The molecule has 1 heterocycles. The first-order chi connectivity index (χ1) is 13.0. The average Bonchev–Trinajstić information content (AvgIpc) is 2.94. The molecular formula is C21H23FN2O2S. The summed E-state index contributed by atoms with van der Waals surface area (Å²) < 4.78 is 12.9. The minimum Gasteiger partial charge on any atom is -0.352 e. The van der Waals surface area contributed by atoms with Crippen LogP contribution in [0.25, 0.3) is 0 Å². The highest BCUT2D eigenvalue weighted by atomic mass is 32.2. The molecule has 6 heteroatoms. The molecule has 2 atom stereocenters. The summed E-state index contributed by atoms with van der Waals surface area (Å²) in [7, 11) is 0. The van der Waals surface area contributed by atoms with Gasteiger partial charge in [0.2, 0.25) is 11.8 Å². The van der Waals surface area contributed by atoms with Gasteiger partial charge in [0.05, 0.1) is 5.25 Å². The highest BCUT2D eigenvalue weighted by Crippen LogP contribution is 2.43. The van der Waals surface area contributed by atoms with Gasteiger partial charge in [-0.25, -0.2) is 4.39 Å². The highest BCUT2D eigenvalue weighted by Gasteiger charge is 2.38. The zero-order valence-corrected chi connectivity index (χ0v) is 16.3. The summed E-state index contributed by atoms with van der Waals surface area (Å²) in [6.45, 7) is 4.67. The van der Waals surface area contributed by atoms with Crippen molar-refractivity contribution >= 4 is 23.6 Å². The van der Waals surface area contributed by atoms with Gasteiger partial charge in [-0.2, -0.15) is 0 Å². The van der Waals surface area contributed by atoms with E-state index < -0.39 is 0 Å². The van der Waals surface area contributed by atoms with Gasteiger partial charge in [0.25, 0.3) is 0 Å². The lowest BCUT2D eigenvalue weighted by Crippen LogP contribution is -2.34. The van der Waals surface area contributed by atoms with E-state index in [-0.39, 0.29) is 34.7 Å². The zero-order chi connectivity index (χ0) is 19.4. The Hall–Kier alpha value is -2.34. The molecule has 0 radical (unpaired) electrons. The number of carbonyl (C=O) groups excluding carboxylic acids is 2. The van der Waals surface area contributed by atoms with E-state index in [1.54, 1.807) is 28.8 Å². The SMILES string of the molecule is Cc1ccccc1[C@H]1S[C@@H](C)C(=O)N1CCC(=O)NCc1ccc(F)cc1. The molecule has 4 nitrogen and oxygen atoms in total. The molecule has 0 bridgehead atoms. The second kappa shape index (κ2) is 8.57. The monoisotopic (exact) mass is 386 g/mol. The van der Waals surface area contributed by atoms with E-state index in [1.165, 1.54) is 12.1 Å². The number of aryl methyl sites for hydroxylation is 1. The van der Waals surface area contributed by atoms with Crippen molar-refractivity contribution in [3.05, 3.63) is 71.0 Å². The molecule has 27 heavy (non-hydrogen) atoms. The van der Waals surface area contributed by atoms with Crippen molar-refractivity contribution < 1.29 is 14.0 Å². The van der Waals surface area contributed by atoms with Crippen molar-refractivity contribution in [1.29, 1.82) is 0 Å². The van der Waals surface area contributed by atoms with Gasteiger partial charge in [0.15, 0.2) is 0 Å². The maximum atomic E-state index is 12.9. The minimum atomic E-state index is -0.300. The van der Waals surface area contributed by atoms with Gasteiger partial charge in [0, 0.05) is 19.5 Å². The summed E-state index contributed by atoms with van der Waals surface area (Å²) in [5.74, 6) is -0.355. The van der Waals surface area contributed by atoms with Gasteiger partial charge in [-0.05, 0) is 42.7 Å². The van der Waals surface area contributed by atoms with Gasteiger partial charge in [-0.1, -0.05) is 36.4 Å². The summed E-state index contributed by atoms with van der Waals surface area (Å²) in [4.78, 5) is 26.6. The Balaban J connectivity index is 1.59. The van der Waals surface area contributed by atoms with Crippen molar-refractivity contribution in [2.45, 2.75) is 37.4 Å². The van der Waals surface area contributed by atoms with Gasteiger partial charge in [-0.15, -0.1) is 11.8 Å². The number of benzene rings is 2. The zero-order valence-electron chi connectivity index (χ0n) is 15.4. The summed E-state index contributed by atoms with van der Waals surface area (Å²) in [6, 6.07) is 14.1. The third-order valence-corrected chi connectivity index (χ3v) is 6.06. The molecule has 1 aliphatic heterocycles. The van der Waals surface area contributed by atoms with Crippen LogP contribution in [0.5, 0.6) is 0 Å². The van der Waals surface area contributed by atoms with Crippen molar-refractivity contribution in [3.8, 4) is 0 Å². The lowest BCUT2D eigenvalue weighted by atomic mass is 10.1. The molecule has 1 N–H and O–H groups in total. The van der Waals surface area contributed by atoms with E-state index in [0.717, 1.165) is 16.7 Å². The van der Waals surface area contributed by atoms with Crippen LogP contribution < -0.4 is 5.32 Å². The number of nitrogens with one attached hydrogen (secondary N) is 1. The number of nitrogens with zero attached hydrogens (tertiary/aromatic N) is 1. The van der Waals surface area contributed by atoms with Crippen molar-refractivity contribution in [2.75, 3.05) is 6.54 Å². The Kier molecular flexibility index (Phi) is 6.16. The number of thioether (sulfide) groups is 1. The molecule has 0 spiro atoms. The van der Waals surface area contributed by atoms with Crippen LogP contribution in [0.3, 0.4) is 0 Å². The molecule has 2 amide bonds. The van der Waals surface area contributed by atoms with E-state index in [4.69, 9.17) is 0 Å². The summed E-state index contributed by atoms with van der Waals surface area (Å²) in [5.41, 5.74) is 3.10. The van der Waals surface area contributed by atoms with E-state index in [9.17, 15) is 14.0 Å². The van der Waals surface area contributed by atoms with Crippen LogP contribution in [0.4, 0.5) is 4.39 Å². The summed E-state index contributed by atoms with van der Waals surface area (Å²) in [5, 5.41) is 2.66. The molecule has 3 rings (SSSR count). The fourth-order valence-corrected chi connectivity index (χ4v) is 4.53. The fourth-order valence-electron chi connectivity index (χ4n) is 3.12. The van der Waals surface area contributed by atoms with Crippen LogP contribution in [-0.2, 0) is 16.1 Å². The Morgan fingerprint density at radius 2 is 1.89 bits per heavy atom. The van der Waals surface area contributed by atoms with Gasteiger partial charge in [-0.3, -0.25) is 9.59 Å². The average molecular weight is 386 g/mol. The predicted octanol–water partition coefficient (Wildman–Crippen LogP) is 3.80. The Morgan fingerprint density at radius 3 is 2.59 bits per heavy atom. The standard InChI is InChI=1S/C21H23FN2O2S/c1-14-5-3-4-6-18(14)21-24(20(26)15(2)27-21)12-11-19(25)23-13-16-7-9-17(22)10-8-16/h3-10,15,21H,11-13H2,1-2H3,(H,23,25)/t15-,21+/m0/s1. The van der Waals surface area contributed by atoms with E-state index in [1.807, 2.05) is 38.1 Å². The van der Waals surface area contributed by atoms with Gasteiger partial charge >= 0.3 is 0 Å². The van der Waals surface area contributed by atoms with E-state index >= 15 is 0 Å². The Labute approximate surface area is 163 Å². The van der Waals surface area contributed by atoms with Crippen LogP contribution >= 0.6 is 11.8 Å². The number of halogens is 1. The van der Waals surface area contributed by atoms with E-state index in [0.29, 0.717) is 13.1 Å². The molecule has 2 aromatic carbocycles. The number of rotatable bonds is 6. The number of amides is 2. The topological polar surface area (TPSA) is 49.4 Å². The molecule has 0 aromatic heterocycles. The lowest BCUT2D eigenvalue weighted by molar-refractivity contribution is -0.130. The van der Waals surface area contributed by atoms with Crippen LogP contribution in [-0.4, -0.2) is 28.5 Å². The number of hydrogen-bond acceptors (Lipinski definition) is 3. The largest absolute Gasteiger partial charge is 0.352 e. The second-order valence-electron chi connectivity index (χ2n) is 6.67. The minimum absolute atomic E-state index is 0.0569. The molecule has 1 fully saturated rings. The maximum Gasteiger partial charge on any atom is 0.236 e. The summed E-state index contributed by atoms with van der Waals surface area (Å²) in [6.07, 6.45) is 0.239. The number of hydrogen-bond donors (Lipinski definition) is 1. The normalized spacial score (nSPS) is 19.4. The Morgan fingerprint density at radius 1 is 1.19 bits per heavy atom. The van der Waals surface area contributed by atoms with Crippen molar-refractivity contribution in [2.24, 2.45) is 0 Å². The first-order valence-electron chi connectivity index (χ1n) is 8.98. The molecule has 0 unspecified atom stereocenters. The smallest absolute Gasteiger partial charge is 0.236 e. The van der Waals surface area contributed by atoms with E-state index in [2.05, 4.69) is 5.32 Å². The third kappa shape index (κ3) is 4.69. The van der Waals surface area contributed by atoms with Crippen LogP contribution in [0.1, 0.15) is 35.4 Å². The summed E-state index contributed by atoms with van der Waals surface area (Å²) >= 11 is 1.62. The Bertz CT molecular complexity index is 825.